The molecule has 4 atom stereocenters. The van der Waals surface area contributed by atoms with Gasteiger partial charge in [-0.05, 0) is 5.56 Å². The Morgan fingerprint density at radius 1 is 1.12 bits per heavy atom. The predicted octanol–water partition coefficient (Wildman–Crippen LogP) is -0.358. The van der Waals surface area contributed by atoms with E-state index in [1.165, 1.54) is 0 Å². The molecule has 1 aliphatic rings. The van der Waals surface area contributed by atoms with Gasteiger partial charge in [0.1, 0.15) is 18.3 Å². The molecule has 0 unspecified atom stereocenters. The van der Waals surface area contributed by atoms with E-state index in [2.05, 4.69) is 0 Å². The highest BCUT2D eigenvalue weighted by Gasteiger charge is 2.38. The molecule has 94 valence electrons. The van der Waals surface area contributed by atoms with E-state index in [4.69, 9.17) is 14.6 Å². The summed E-state index contributed by atoms with van der Waals surface area (Å²) in [6.07, 6.45) is -4.44. The molecule has 5 heteroatoms. The third-order valence-electron chi connectivity index (χ3n) is 2.76. The zero-order valence-electron chi connectivity index (χ0n) is 9.27. The van der Waals surface area contributed by atoms with Crippen LogP contribution in [0.3, 0.4) is 0 Å². The summed E-state index contributed by atoms with van der Waals surface area (Å²) in [6, 6.07) is 9.50. The first-order chi connectivity index (χ1) is 8.18. The van der Waals surface area contributed by atoms with E-state index in [9.17, 15) is 10.2 Å². The fourth-order valence-electron chi connectivity index (χ4n) is 1.70. The van der Waals surface area contributed by atoms with Gasteiger partial charge in [0.2, 0.25) is 0 Å². The molecule has 1 aromatic carbocycles. The van der Waals surface area contributed by atoms with Gasteiger partial charge in [0.05, 0.1) is 13.2 Å². The molecule has 0 saturated carbocycles. The van der Waals surface area contributed by atoms with Crippen molar-refractivity contribution in [2.45, 2.75) is 31.2 Å². The highest BCUT2D eigenvalue weighted by Crippen LogP contribution is 2.17. The molecule has 17 heavy (non-hydrogen) atoms. The fourth-order valence-corrected chi connectivity index (χ4v) is 1.70. The van der Waals surface area contributed by atoms with Gasteiger partial charge in [-0.15, -0.1) is 0 Å². The molecule has 1 aromatic rings. The maximum Gasteiger partial charge on any atom is 0.183 e. The lowest BCUT2D eigenvalue weighted by Gasteiger charge is -2.34. The summed E-state index contributed by atoms with van der Waals surface area (Å²) in [6.45, 7) is 0.390. The number of benzene rings is 1. The van der Waals surface area contributed by atoms with Crippen LogP contribution in [0, 0.1) is 0 Å². The van der Waals surface area contributed by atoms with Gasteiger partial charge >= 0.3 is 0 Å². The minimum Gasteiger partial charge on any atom is -0.387 e. The second kappa shape index (κ2) is 5.57. The molecule has 1 aliphatic heterocycles. The van der Waals surface area contributed by atoms with Crippen LogP contribution in [0.5, 0.6) is 0 Å². The number of aliphatic hydroxyl groups excluding tert-OH is 3. The third-order valence-corrected chi connectivity index (χ3v) is 2.76. The average molecular weight is 240 g/mol. The fraction of sp³-hybridized carbons (Fsp3) is 0.500. The molecule has 1 fully saturated rings. The Hall–Kier alpha value is -0.980. The number of ether oxygens (including phenoxy) is 2. The molecule has 5 nitrogen and oxygen atoms in total. The Labute approximate surface area is 99.2 Å². The van der Waals surface area contributed by atoms with Crippen LogP contribution in [0.2, 0.25) is 0 Å². The van der Waals surface area contributed by atoms with Crippen molar-refractivity contribution in [2.75, 3.05) is 6.61 Å². The molecular weight excluding hydrogens is 224 g/mol. The lowest BCUT2D eigenvalue weighted by Crippen LogP contribution is -2.53. The molecular formula is C12H16O5. The smallest absolute Gasteiger partial charge is 0.183 e. The van der Waals surface area contributed by atoms with E-state index < -0.39 is 24.6 Å². The summed E-state index contributed by atoms with van der Waals surface area (Å²) in [5.74, 6) is 0. The number of hydrogen-bond acceptors (Lipinski definition) is 5. The van der Waals surface area contributed by atoms with Crippen molar-refractivity contribution in [3.8, 4) is 0 Å². The van der Waals surface area contributed by atoms with Crippen LogP contribution in [0.1, 0.15) is 5.56 Å². The van der Waals surface area contributed by atoms with Gasteiger partial charge in [0.25, 0.3) is 0 Å². The van der Waals surface area contributed by atoms with Gasteiger partial charge in [-0.25, -0.2) is 0 Å². The maximum absolute atomic E-state index is 9.67. The first-order valence-corrected chi connectivity index (χ1v) is 5.50. The molecule has 0 amide bonds. The molecule has 0 aromatic heterocycles. The first-order valence-electron chi connectivity index (χ1n) is 5.50. The van der Waals surface area contributed by atoms with Crippen LogP contribution in [0.25, 0.3) is 0 Å². The second-order valence-electron chi connectivity index (χ2n) is 4.04. The highest BCUT2D eigenvalue weighted by molar-refractivity contribution is 5.13. The molecule has 2 rings (SSSR count). The van der Waals surface area contributed by atoms with Crippen molar-refractivity contribution in [3.05, 3.63) is 35.9 Å². The Balaban J connectivity index is 1.87. The summed E-state index contributed by atoms with van der Waals surface area (Å²) >= 11 is 0. The number of aliphatic hydroxyl groups is 3. The molecule has 1 saturated heterocycles. The van der Waals surface area contributed by atoms with Gasteiger partial charge in [-0.3, -0.25) is 0 Å². The highest BCUT2D eigenvalue weighted by atomic mass is 16.6. The van der Waals surface area contributed by atoms with Crippen LogP contribution < -0.4 is 0 Å². The van der Waals surface area contributed by atoms with Crippen molar-refractivity contribution in [1.82, 2.24) is 0 Å². The van der Waals surface area contributed by atoms with E-state index in [-0.39, 0.29) is 6.61 Å². The quantitative estimate of drug-likeness (QED) is 0.672. The number of rotatable bonds is 3. The predicted molar refractivity (Wildman–Crippen MR) is 59.0 cm³/mol. The van der Waals surface area contributed by atoms with E-state index in [1.54, 1.807) is 0 Å². The Morgan fingerprint density at radius 3 is 2.53 bits per heavy atom. The topological polar surface area (TPSA) is 79.2 Å². The van der Waals surface area contributed by atoms with Gasteiger partial charge in [-0.2, -0.15) is 0 Å². The zero-order chi connectivity index (χ0) is 12.3. The monoisotopic (exact) mass is 240 g/mol. The SMILES string of the molecule is O[C@@H]1[C@H](O)[C@@H](OCc2ccccc2)CO[C@H]1O. The van der Waals surface area contributed by atoms with E-state index in [0.717, 1.165) is 5.56 Å². The molecule has 0 radical (unpaired) electrons. The second-order valence-corrected chi connectivity index (χ2v) is 4.04. The maximum atomic E-state index is 9.67. The van der Waals surface area contributed by atoms with Crippen molar-refractivity contribution in [3.63, 3.8) is 0 Å². The van der Waals surface area contributed by atoms with E-state index in [0.29, 0.717) is 6.61 Å². The third kappa shape index (κ3) is 3.02. The Morgan fingerprint density at radius 2 is 1.82 bits per heavy atom. The first kappa shape index (κ1) is 12.5. The van der Waals surface area contributed by atoms with Crippen molar-refractivity contribution in [1.29, 1.82) is 0 Å². The Kier molecular flexibility index (Phi) is 4.09. The summed E-state index contributed by atoms with van der Waals surface area (Å²) in [4.78, 5) is 0. The molecule has 0 aliphatic carbocycles. The zero-order valence-corrected chi connectivity index (χ0v) is 9.27. The normalized spacial score (nSPS) is 33.6. The van der Waals surface area contributed by atoms with Gasteiger partial charge in [0.15, 0.2) is 6.29 Å². The van der Waals surface area contributed by atoms with Crippen LogP contribution in [0.15, 0.2) is 30.3 Å². The summed E-state index contributed by atoms with van der Waals surface area (Å²) in [7, 11) is 0. The minimum atomic E-state index is -1.35. The van der Waals surface area contributed by atoms with Gasteiger partial charge in [0, 0.05) is 0 Å². The largest absolute Gasteiger partial charge is 0.387 e. The van der Waals surface area contributed by atoms with Crippen LogP contribution in [0.4, 0.5) is 0 Å². The molecule has 1 heterocycles. The summed E-state index contributed by atoms with van der Waals surface area (Å²) < 4.78 is 10.3. The standard InChI is InChI=1S/C12H16O5/c13-10-9(7-17-12(15)11(10)14)16-6-8-4-2-1-3-5-8/h1-5,9-15H,6-7H2/t9-,10+,11+,12+/m0/s1. The van der Waals surface area contributed by atoms with E-state index in [1.807, 2.05) is 30.3 Å². The van der Waals surface area contributed by atoms with Crippen molar-refractivity contribution >= 4 is 0 Å². The average Bonchev–Trinajstić information content (AvgIpc) is 2.36. The summed E-state index contributed by atoms with van der Waals surface area (Å²) in [5.41, 5.74) is 0.973. The van der Waals surface area contributed by atoms with Crippen LogP contribution in [-0.4, -0.2) is 46.5 Å². The van der Waals surface area contributed by atoms with Gasteiger partial charge in [-0.1, -0.05) is 30.3 Å². The molecule has 0 bridgehead atoms. The lowest BCUT2D eigenvalue weighted by atomic mass is 10.1. The Bertz CT molecular complexity index is 342. The van der Waals surface area contributed by atoms with Crippen LogP contribution >= 0.6 is 0 Å². The van der Waals surface area contributed by atoms with Crippen molar-refractivity contribution < 1.29 is 24.8 Å². The lowest BCUT2D eigenvalue weighted by molar-refractivity contribution is -0.261. The molecule has 0 spiro atoms. The van der Waals surface area contributed by atoms with E-state index >= 15 is 0 Å². The summed E-state index contributed by atoms with van der Waals surface area (Å²) in [5, 5.41) is 28.2. The molecule has 3 N–H and O–H groups in total. The minimum absolute atomic E-state index is 0.0617. The van der Waals surface area contributed by atoms with Crippen LogP contribution in [-0.2, 0) is 16.1 Å². The van der Waals surface area contributed by atoms with Gasteiger partial charge < -0.3 is 24.8 Å². The van der Waals surface area contributed by atoms with Crippen molar-refractivity contribution in [2.24, 2.45) is 0 Å². The number of hydrogen-bond donors (Lipinski definition) is 3.